The quantitative estimate of drug-likeness (QED) is 0.488. The van der Waals surface area contributed by atoms with Crippen LogP contribution < -0.4 is 0 Å². The van der Waals surface area contributed by atoms with E-state index in [1.165, 1.54) is 11.8 Å². The van der Waals surface area contributed by atoms with Gasteiger partial charge in [0.2, 0.25) is 17.6 Å². The van der Waals surface area contributed by atoms with E-state index in [9.17, 15) is 0 Å². The van der Waals surface area contributed by atoms with Crippen molar-refractivity contribution < 1.29 is 8.94 Å². The standard InChI is InChI=1S/C18H15N5O2S/c1-11-7-12(2)9-14(8-11)16-20-15(25-23-16)10-26-18-22-21-17(24-18)13-3-5-19-6-4-13/h3-9H,10H2,1-2H3. The molecule has 3 aromatic heterocycles. The number of hydrogen-bond acceptors (Lipinski definition) is 8. The molecule has 1 aromatic carbocycles. The molecule has 3 heterocycles. The van der Waals surface area contributed by atoms with Crippen LogP contribution in [0.4, 0.5) is 0 Å². The van der Waals surface area contributed by atoms with Crippen molar-refractivity contribution in [3.8, 4) is 22.8 Å². The number of pyridine rings is 1. The minimum atomic E-state index is 0.447. The van der Waals surface area contributed by atoms with Gasteiger partial charge in [-0.1, -0.05) is 34.1 Å². The maximum Gasteiger partial charge on any atom is 0.277 e. The van der Waals surface area contributed by atoms with Crippen LogP contribution in [0, 0.1) is 13.8 Å². The fourth-order valence-corrected chi connectivity index (χ4v) is 3.14. The van der Waals surface area contributed by atoms with Crippen LogP contribution in [-0.2, 0) is 5.75 Å². The molecule has 0 atom stereocenters. The van der Waals surface area contributed by atoms with Crippen molar-refractivity contribution in [2.24, 2.45) is 0 Å². The predicted octanol–water partition coefficient (Wildman–Crippen LogP) is 4.09. The highest BCUT2D eigenvalue weighted by Gasteiger charge is 2.13. The van der Waals surface area contributed by atoms with Gasteiger partial charge in [0.25, 0.3) is 5.22 Å². The third kappa shape index (κ3) is 3.65. The number of aromatic nitrogens is 5. The summed E-state index contributed by atoms with van der Waals surface area (Å²) in [4.78, 5) is 8.42. The Morgan fingerprint density at radius 3 is 2.50 bits per heavy atom. The molecule has 0 spiro atoms. The summed E-state index contributed by atoms with van der Waals surface area (Å²) in [7, 11) is 0. The van der Waals surface area contributed by atoms with Crippen LogP contribution in [-0.4, -0.2) is 25.3 Å². The van der Waals surface area contributed by atoms with E-state index in [0.717, 1.165) is 22.3 Å². The van der Waals surface area contributed by atoms with E-state index in [-0.39, 0.29) is 0 Å². The Labute approximate surface area is 153 Å². The largest absolute Gasteiger partial charge is 0.411 e. The summed E-state index contributed by atoms with van der Waals surface area (Å²) in [5, 5.41) is 12.6. The fourth-order valence-electron chi connectivity index (χ4n) is 2.54. The van der Waals surface area contributed by atoms with Gasteiger partial charge in [-0.25, -0.2) is 0 Å². The molecule has 0 radical (unpaired) electrons. The lowest BCUT2D eigenvalue weighted by atomic mass is 10.1. The van der Waals surface area contributed by atoms with Crippen LogP contribution in [0.15, 0.2) is 56.9 Å². The molecule has 4 aromatic rings. The molecular weight excluding hydrogens is 350 g/mol. The van der Waals surface area contributed by atoms with E-state index in [1.807, 2.05) is 38.1 Å². The Hall–Kier alpha value is -3.00. The van der Waals surface area contributed by atoms with Crippen LogP contribution in [0.3, 0.4) is 0 Å². The van der Waals surface area contributed by atoms with Crippen molar-refractivity contribution in [1.29, 1.82) is 0 Å². The van der Waals surface area contributed by atoms with Gasteiger partial charge in [-0.05, 0) is 38.1 Å². The lowest BCUT2D eigenvalue weighted by molar-refractivity contribution is 0.391. The summed E-state index contributed by atoms with van der Waals surface area (Å²) in [6, 6.07) is 9.81. The molecule has 0 N–H and O–H groups in total. The second-order valence-electron chi connectivity index (χ2n) is 5.79. The number of rotatable bonds is 5. The molecule has 130 valence electrons. The molecule has 0 aliphatic rings. The molecule has 0 saturated heterocycles. The molecule has 0 bridgehead atoms. The van der Waals surface area contributed by atoms with Crippen LogP contribution in [0.5, 0.6) is 0 Å². The van der Waals surface area contributed by atoms with E-state index < -0.39 is 0 Å². The Kier molecular flexibility index (Phi) is 4.49. The van der Waals surface area contributed by atoms with Crippen molar-refractivity contribution >= 4 is 11.8 Å². The molecule has 0 aliphatic heterocycles. The van der Waals surface area contributed by atoms with Crippen molar-refractivity contribution in [2.45, 2.75) is 24.8 Å². The monoisotopic (exact) mass is 365 g/mol. The van der Waals surface area contributed by atoms with E-state index in [1.54, 1.807) is 12.4 Å². The minimum Gasteiger partial charge on any atom is -0.411 e. The van der Waals surface area contributed by atoms with Gasteiger partial charge in [0.05, 0.1) is 5.75 Å². The molecule has 0 amide bonds. The SMILES string of the molecule is Cc1cc(C)cc(-c2noc(CSc3nnc(-c4ccncc4)o3)n2)c1. The summed E-state index contributed by atoms with van der Waals surface area (Å²) in [6.07, 6.45) is 3.36. The van der Waals surface area contributed by atoms with E-state index in [0.29, 0.717) is 28.6 Å². The average molecular weight is 365 g/mol. The number of benzene rings is 1. The van der Waals surface area contributed by atoms with Gasteiger partial charge in [0.15, 0.2) is 0 Å². The fraction of sp³-hybridized carbons (Fsp3) is 0.167. The Morgan fingerprint density at radius 1 is 0.962 bits per heavy atom. The molecule has 4 rings (SSSR count). The van der Waals surface area contributed by atoms with Crippen LogP contribution in [0.2, 0.25) is 0 Å². The maximum absolute atomic E-state index is 5.64. The summed E-state index contributed by atoms with van der Waals surface area (Å²) >= 11 is 1.35. The van der Waals surface area contributed by atoms with Crippen molar-refractivity contribution in [2.75, 3.05) is 0 Å². The highest BCUT2D eigenvalue weighted by molar-refractivity contribution is 7.98. The zero-order valence-electron chi connectivity index (χ0n) is 14.2. The first-order chi connectivity index (χ1) is 12.7. The topological polar surface area (TPSA) is 90.7 Å². The Bertz CT molecular complexity index is 1010. The van der Waals surface area contributed by atoms with Gasteiger partial charge in [-0.2, -0.15) is 4.98 Å². The summed E-state index contributed by atoms with van der Waals surface area (Å²) < 4.78 is 11.0. The summed E-state index contributed by atoms with van der Waals surface area (Å²) in [6.45, 7) is 4.09. The molecular formula is C18H15N5O2S. The van der Waals surface area contributed by atoms with Gasteiger partial charge in [0.1, 0.15) is 0 Å². The van der Waals surface area contributed by atoms with Crippen molar-refractivity contribution in [3.63, 3.8) is 0 Å². The Balaban J connectivity index is 1.44. The number of aryl methyl sites for hydroxylation is 2. The molecule has 0 unspecified atom stereocenters. The minimum absolute atomic E-state index is 0.447. The number of thioether (sulfide) groups is 1. The summed E-state index contributed by atoms with van der Waals surface area (Å²) in [5.41, 5.74) is 4.10. The van der Waals surface area contributed by atoms with Gasteiger partial charge < -0.3 is 8.94 Å². The normalized spacial score (nSPS) is 11.0. The van der Waals surface area contributed by atoms with E-state index >= 15 is 0 Å². The third-order valence-electron chi connectivity index (χ3n) is 3.60. The Morgan fingerprint density at radius 2 is 1.73 bits per heavy atom. The third-order valence-corrected chi connectivity index (χ3v) is 4.40. The molecule has 0 fully saturated rings. The highest BCUT2D eigenvalue weighted by atomic mass is 32.2. The second kappa shape index (κ2) is 7.09. The molecule has 8 heteroatoms. The predicted molar refractivity (Wildman–Crippen MR) is 96.3 cm³/mol. The molecule has 0 aliphatic carbocycles. The van der Waals surface area contributed by atoms with Gasteiger partial charge in [0, 0.05) is 23.5 Å². The molecule has 7 nitrogen and oxygen atoms in total. The lowest BCUT2D eigenvalue weighted by Crippen LogP contribution is -1.86. The second-order valence-corrected chi connectivity index (χ2v) is 6.71. The van der Waals surface area contributed by atoms with Crippen molar-refractivity contribution in [1.82, 2.24) is 25.3 Å². The first-order valence-electron chi connectivity index (χ1n) is 7.95. The highest BCUT2D eigenvalue weighted by Crippen LogP contribution is 2.26. The van der Waals surface area contributed by atoms with Crippen LogP contribution in [0.25, 0.3) is 22.8 Å². The van der Waals surface area contributed by atoms with E-state index in [2.05, 4.69) is 31.4 Å². The van der Waals surface area contributed by atoms with Gasteiger partial charge >= 0.3 is 0 Å². The lowest BCUT2D eigenvalue weighted by Gasteiger charge is -1.99. The number of hydrogen-bond donors (Lipinski definition) is 0. The number of nitrogens with zero attached hydrogens (tertiary/aromatic N) is 5. The maximum atomic E-state index is 5.64. The first-order valence-corrected chi connectivity index (χ1v) is 8.94. The zero-order chi connectivity index (χ0) is 17.9. The van der Waals surface area contributed by atoms with Crippen molar-refractivity contribution in [3.05, 3.63) is 59.7 Å². The smallest absolute Gasteiger partial charge is 0.277 e. The van der Waals surface area contributed by atoms with E-state index in [4.69, 9.17) is 8.94 Å². The van der Waals surface area contributed by atoms with Gasteiger partial charge in [-0.15, -0.1) is 10.2 Å². The van der Waals surface area contributed by atoms with Crippen LogP contribution >= 0.6 is 11.8 Å². The zero-order valence-corrected chi connectivity index (χ0v) is 15.0. The first kappa shape index (κ1) is 16.5. The molecule has 26 heavy (non-hydrogen) atoms. The summed E-state index contributed by atoms with van der Waals surface area (Å²) in [5.74, 6) is 2.00. The molecule has 0 saturated carbocycles. The van der Waals surface area contributed by atoms with Gasteiger partial charge in [-0.3, -0.25) is 4.98 Å². The van der Waals surface area contributed by atoms with Crippen LogP contribution in [0.1, 0.15) is 17.0 Å². The average Bonchev–Trinajstić information content (AvgIpc) is 3.29.